The number of halogens is 1. The molecule has 0 aromatic heterocycles. The highest BCUT2D eigenvalue weighted by Crippen LogP contribution is 2.27. The number of hydrogen-bond acceptors (Lipinski definition) is 6. The molecule has 6 nitrogen and oxygen atoms in total. The van der Waals surface area contributed by atoms with E-state index in [-0.39, 0.29) is 22.7 Å². The molecule has 0 bridgehead atoms. The highest BCUT2D eigenvalue weighted by molar-refractivity contribution is 14.1. The summed E-state index contributed by atoms with van der Waals surface area (Å²) in [6.07, 6.45) is -3.43. The SMILES string of the molecule is CC(O)C(O)CC(C[C@H](O)CO)C(I)C(O)CO. The van der Waals surface area contributed by atoms with E-state index in [1.807, 2.05) is 22.6 Å². The summed E-state index contributed by atoms with van der Waals surface area (Å²) < 4.78 is -0.387. The van der Waals surface area contributed by atoms with E-state index >= 15 is 0 Å². The van der Waals surface area contributed by atoms with E-state index in [4.69, 9.17) is 10.2 Å². The third kappa shape index (κ3) is 6.60. The molecule has 0 amide bonds. The summed E-state index contributed by atoms with van der Waals surface area (Å²) in [7, 11) is 0. The maximum absolute atomic E-state index is 9.64. The molecule has 6 N–H and O–H groups in total. The first-order chi connectivity index (χ1) is 8.33. The fourth-order valence-electron chi connectivity index (χ4n) is 1.70. The van der Waals surface area contributed by atoms with Crippen LogP contribution in [0.1, 0.15) is 19.8 Å². The first-order valence-corrected chi connectivity index (χ1v) is 7.16. The average molecular weight is 378 g/mol. The van der Waals surface area contributed by atoms with Crippen LogP contribution < -0.4 is 0 Å². The smallest absolute Gasteiger partial charge is 0.0890 e. The van der Waals surface area contributed by atoms with Crippen LogP contribution in [-0.4, -0.2) is 72.2 Å². The fraction of sp³-hybridized carbons (Fsp3) is 1.00. The molecule has 0 aromatic rings. The van der Waals surface area contributed by atoms with Crippen molar-refractivity contribution in [3.8, 4) is 0 Å². The second kappa shape index (κ2) is 9.40. The lowest BCUT2D eigenvalue weighted by Crippen LogP contribution is -2.37. The molecule has 0 aliphatic heterocycles. The van der Waals surface area contributed by atoms with Gasteiger partial charge in [0.05, 0.1) is 37.6 Å². The lowest BCUT2D eigenvalue weighted by Gasteiger charge is -2.29. The summed E-state index contributed by atoms with van der Waals surface area (Å²) in [5, 5.41) is 55.7. The topological polar surface area (TPSA) is 121 Å². The highest BCUT2D eigenvalue weighted by atomic mass is 127. The standard InChI is InChI=1S/C11H23IO6/c1-6(15)9(17)3-7(2-8(16)4-13)11(12)10(18)5-14/h6-11,13-18H,2-5H2,1H3/t6?,7?,8-,9?,10?,11?/m0/s1. The van der Waals surface area contributed by atoms with Gasteiger partial charge >= 0.3 is 0 Å². The molecule has 0 saturated carbocycles. The molecular formula is C11H23IO6. The van der Waals surface area contributed by atoms with E-state index in [2.05, 4.69) is 0 Å². The number of aliphatic hydroxyl groups excluding tert-OH is 6. The van der Waals surface area contributed by atoms with Gasteiger partial charge in [0.1, 0.15) is 0 Å². The molecule has 0 fully saturated rings. The van der Waals surface area contributed by atoms with Gasteiger partial charge in [-0.1, -0.05) is 22.6 Å². The van der Waals surface area contributed by atoms with Gasteiger partial charge in [-0.25, -0.2) is 0 Å². The molecule has 6 atom stereocenters. The monoisotopic (exact) mass is 378 g/mol. The van der Waals surface area contributed by atoms with Crippen LogP contribution in [0.3, 0.4) is 0 Å². The first-order valence-electron chi connectivity index (χ1n) is 5.91. The highest BCUT2D eigenvalue weighted by Gasteiger charge is 2.30. The Balaban J connectivity index is 4.60. The summed E-state index contributed by atoms with van der Waals surface area (Å²) in [6.45, 7) is 0.638. The fourth-order valence-corrected chi connectivity index (χ4v) is 2.52. The van der Waals surface area contributed by atoms with Crippen LogP contribution in [0.2, 0.25) is 0 Å². The minimum absolute atomic E-state index is 0.180. The number of rotatable bonds is 9. The number of hydrogen-bond donors (Lipinski definition) is 6. The molecule has 18 heavy (non-hydrogen) atoms. The Labute approximate surface area is 120 Å². The van der Waals surface area contributed by atoms with Gasteiger partial charge in [-0.3, -0.25) is 0 Å². The molecule has 0 rings (SSSR count). The average Bonchev–Trinajstić information content (AvgIpc) is 2.35. The van der Waals surface area contributed by atoms with E-state index in [9.17, 15) is 20.4 Å². The molecule has 110 valence electrons. The van der Waals surface area contributed by atoms with Gasteiger partial charge in [-0.05, 0) is 25.7 Å². The van der Waals surface area contributed by atoms with Crippen molar-refractivity contribution < 1.29 is 30.6 Å². The zero-order valence-electron chi connectivity index (χ0n) is 10.4. The normalized spacial score (nSPS) is 22.0. The minimum Gasteiger partial charge on any atom is -0.394 e. The maximum Gasteiger partial charge on any atom is 0.0890 e. The summed E-state index contributed by atoms with van der Waals surface area (Å²) in [4.78, 5) is 0. The van der Waals surface area contributed by atoms with Crippen LogP contribution in [0, 0.1) is 5.92 Å². The van der Waals surface area contributed by atoms with Crippen LogP contribution >= 0.6 is 22.6 Å². The van der Waals surface area contributed by atoms with Crippen LogP contribution in [0.4, 0.5) is 0 Å². The second-order valence-electron chi connectivity index (χ2n) is 4.57. The Morgan fingerprint density at radius 3 is 1.83 bits per heavy atom. The molecule has 0 aromatic carbocycles. The van der Waals surface area contributed by atoms with Crippen molar-refractivity contribution in [2.75, 3.05) is 13.2 Å². The third-order valence-electron chi connectivity index (χ3n) is 2.89. The lowest BCUT2D eigenvalue weighted by molar-refractivity contribution is -0.00334. The quantitative estimate of drug-likeness (QED) is 0.218. The number of alkyl halides is 1. The Morgan fingerprint density at radius 1 is 0.889 bits per heavy atom. The van der Waals surface area contributed by atoms with Crippen molar-refractivity contribution in [1.82, 2.24) is 0 Å². The van der Waals surface area contributed by atoms with Gasteiger partial charge in [0.15, 0.2) is 0 Å². The Bertz CT molecular complexity index is 216. The predicted molar refractivity (Wildman–Crippen MR) is 74.4 cm³/mol. The Morgan fingerprint density at radius 2 is 1.44 bits per heavy atom. The molecular weight excluding hydrogens is 355 g/mol. The molecule has 0 saturated heterocycles. The summed E-state index contributed by atoms with van der Waals surface area (Å²) in [5.74, 6) is -0.320. The number of aliphatic hydroxyl groups is 6. The van der Waals surface area contributed by atoms with Gasteiger partial charge in [-0.2, -0.15) is 0 Å². The zero-order valence-corrected chi connectivity index (χ0v) is 12.5. The molecule has 0 spiro atoms. The van der Waals surface area contributed by atoms with E-state index < -0.39 is 37.6 Å². The van der Waals surface area contributed by atoms with Crippen LogP contribution in [0.15, 0.2) is 0 Å². The second-order valence-corrected chi connectivity index (χ2v) is 6.01. The van der Waals surface area contributed by atoms with Crippen molar-refractivity contribution in [1.29, 1.82) is 0 Å². The zero-order chi connectivity index (χ0) is 14.3. The largest absolute Gasteiger partial charge is 0.394 e. The molecule has 5 unspecified atom stereocenters. The maximum atomic E-state index is 9.64. The van der Waals surface area contributed by atoms with E-state index in [1.165, 1.54) is 6.92 Å². The van der Waals surface area contributed by atoms with Gasteiger partial charge < -0.3 is 30.6 Å². The molecule has 7 heteroatoms. The van der Waals surface area contributed by atoms with Crippen LogP contribution in [0.25, 0.3) is 0 Å². The third-order valence-corrected chi connectivity index (χ3v) is 4.74. The van der Waals surface area contributed by atoms with E-state index in [0.29, 0.717) is 0 Å². The molecule has 0 radical (unpaired) electrons. The summed E-state index contributed by atoms with van der Waals surface area (Å²) in [5.41, 5.74) is 0. The van der Waals surface area contributed by atoms with E-state index in [0.717, 1.165) is 0 Å². The van der Waals surface area contributed by atoms with Crippen molar-refractivity contribution in [3.05, 3.63) is 0 Å². The van der Waals surface area contributed by atoms with E-state index in [1.54, 1.807) is 0 Å². The van der Waals surface area contributed by atoms with Crippen LogP contribution in [-0.2, 0) is 0 Å². The van der Waals surface area contributed by atoms with Crippen molar-refractivity contribution in [3.63, 3.8) is 0 Å². The van der Waals surface area contributed by atoms with Crippen molar-refractivity contribution in [2.45, 2.75) is 48.1 Å². The molecule has 0 heterocycles. The van der Waals surface area contributed by atoms with Gasteiger partial charge in [0.2, 0.25) is 0 Å². The predicted octanol–water partition coefficient (Wildman–Crippen LogP) is -1.37. The summed E-state index contributed by atoms with van der Waals surface area (Å²) >= 11 is 1.94. The van der Waals surface area contributed by atoms with Crippen LogP contribution in [0.5, 0.6) is 0 Å². The van der Waals surface area contributed by atoms with Gasteiger partial charge in [-0.15, -0.1) is 0 Å². The minimum atomic E-state index is -0.970. The van der Waals surface area contributed by atoms with Gasteiger partial charge in [0.25, 0.3) is 0 Å². The summed E-state index contributed by atoms with van der Waals surface area (Å²) in [6, 6.07) is 0. The van der Waals surface area contributed by atoms with Crippen molar-refractivity contribution in [2.24, 2.45) is 5.92 Å². The lowest BCUT2D eigenvalue weighted by atomic mass is 9.88. The first kappa shape index (κ1) is 18.5. The van der Waals surface area contributed by atoms with Gasteiger partial charge in [0, 0.05) is 3.92 Å². The Kier molecular flexibility index (Phi) is 9.66. The molecule has 0 aliphatic rings. The Hall–Kier alpha value is 0.490. The van der Waals surface area contributed by atoms with Crippen molar-refractivity contribution >= 4 is 22.6 Å². The molecule has 0 aliphatic carbocycles.